The molecule has 30 heavy (non-hydrogen) atoms. The van der Waals surface area contributed by atoms with E-state index in [1.807, 2.05) is 36.1 Å². The average Bonchev–Trinajstić information content (AvgIpc) is 3.46. The zero-order valence-electron chi connectivity index (χ0n) is 17.3. The maximum atomic E-state index is 13.0. The Morgan fingerprint density at radius 1 is 1.10 bits per heavy atom. The Labute approximate surface area is 176 Å². The first-order valence-electron chi connectivity index (χ1n) is 10.8. The first-order valence-corrected chi connectivity index (χ1v) is 10.8. The van der Waals surface area contributed by atoms with Gasteiger partial charge in [0.15, 0.2) is 0 Å². The minimum absolute atomic E-state index is 0.0410. The second kappa shape index (κ2) is 9.28. The van der Waals surface area contributed by atoms with E-state index in [1.54, 1.807) is 0 Å². The number of hydrogen-bond acceptors (Lipinski definition) is 6. The number of likely N-dealkylation sites (tertiary alicyclic amines) is 1. The highest BCUT2D eigenvalue weighted by atomic mass is 16.5. The van der Waals surface area contributed by atoms with Crippen LogP contribution in [0.2, 0.25) is 0 Å². The van der Waals surface area contributed by atoms with Gasteiger partial charge in [-0.15, -0.1) is 5.10 Å². The van der Waals surface area contributed by atoms with Gasteiger partial charge in [-0.05, 0) is 44.7 Å². The third-order valence-corrected chi connectivity index (χ3v) is 5.91. The molecule has 2 amide bonds. The number of amides is 2. The lowest BCUT2D eigenvalue weighted by Gasteiger charge is -2.32. The summed E-state index contributed by atoms with van der Waals surface area (Å²) in [5.41, 5.74) is 0.673. The van der Waals surface area contributed by atoms with Crippen molar-refractivity contribution >= 4 is 17.8 Å². The van der Waals surface area contributed by atoms with Crippen LogP contribution in [0.15, 0.2) is 28.7 Å². The minimum Gasteiger partial charge on any atom is -0.493 e. The monoisotopic (exact) mass is 412 g/mol. The van der Waals surface area contributed by atoms with E-state index in [0.29, 0.717) is 24.3 Å². The standard InChI is InChI=1S/C22H28N4O4/c1-2-29-18-12-6-5-11-17(18)20-24-25-22(30-20)23-19(27)15-9-3-4-10-16(15)21(28)26-13-7-8-14-26/h5-6,11-12,15-16H,2-4,7-10,13-14H2,1H3,(H,23,25,27)/t15-,16+/m0/s1. The molecule has 1 aromatic heterocycles. The van der Waals surface area contributed by atoms with Crippen LogP contribution in [0.25, 0.3) is 11.5 Å². The number of para-hydroxylation sites is 1. The van der Waals surface area contributed by atoms with Crippen molar-refractivity contribution in [1.82, 2.24) is 15.1 Å². The molecule has 1 aliphatic heterocycles. The van der Waals surface area contributed by atoms with Crippen LogP contribution < -0.4 is 10.1 Å². The highest BCUT2D eigenvalue weighted by molar-refractivity contribution is 5.95. The smallest absolute Gasteiger partial charge is 0.322 e. The van der Waals surface area contributed by atoms with Crippen molar-refractivity contribution in [2.24, 2.45) is 11.8 Å². The van der Waals surface area contributed by atoms with E-state index in [1.165, 1.54) is 0 Å². The first kappa shape index (κ1) is 20.4. The molecular formula is C22H28N4O4. The second-order valence-electron chi connectivity index (χ2n) is 7.86. The van der Waals surface area contributed by atoms with Gasteiger partial charge in [0.2, 0.25) is 11.8 Å². The van der Waals surface area contributed by atoms with Crippen LogP contribution in [0.5, 0.6) is 5.75 Å². The van der Waals surface area contributed by atoms with E-state index >= 15 is 0 Å². The van der Waals surface area contributed by atoms with Crippen LogP contribution >= 0.6 is 0 Å². The number of nitrogens with one attached hydrogen (secondary N) is 1. The molecule has 4 rings (SSSR count). The Kier molecular flexibility index (Phi) is 6.30. The molecule has 1 saturated heterocycles. The van der Waals surface area contributed by atoms with Gasteiger partial charge in [-0.3, -0.25) is 14.9 Å². The van der Waals surface area contributed by atoms with Gasteiger partial charge in [0.25, 0.3) is 5.89 Å². The van der Waals surface area contributed by atoms with Crippen molar-refractivity contribution in [3.8, 4) is 17.2 Å². The van der Waals surface area contributed by atoms with E-state index in [0.717, 1.165) is 45.2 Å². The quantitative estimate of drug-likeness (QED) is 0.780. The molecule has 2 heterocycles. The van der Waals surface area contributed by atoms with Crippen LogP contribution in [0.1, 0.15) is 45.4 Å². The van der Waals surface area contributed by atoms with Gasteiger partial charge in [-0.1, -0.05) is 30.1 Å². The Balaban J connectivity index is 1.46. The second-order valence-corrected chi connectivity index (χ2v) is 7.86. The fourth-order valence-corrected chi connectivity index (χ4v) is 4.42. The van der Waals surface area contributed by atoms with E-state index < -0.39 is 0 Å². The van der Waals surface area contributed by atoms with Gasteiger partial charge in [0, 0.05) is 19.0 Å². The van der Waals surface area contributed by atoms with Crippen molar-refractivity contribution in [3.63, 3.8) is 0 Å². The maximum Gasteiger partial charge on any atom is 0.322 e. The van der Waals surface area contributed by atoms with Crippen LogP contribution in [0.3, 0.4) is 0 Å². The average molecular weight is 412 g/mol. The predicted molar refractivity (Wildman–Crippen MR) is 111 cm³/mol. The number of nitrogens with zero attached hydrogens (tertiary/aromatic N) is 3. The molecule has 1 saturated carbocycles. The lowest BCUT2D eigenvalue weighted by Crippen LogP contribution is -2.42. The molecule has 0 bridgehead atoms. The van der Waals surface area contributed by atoms with E-state index in [-0.39, 0.29) is 35.6 Å². The van der Waals surface area contributed by atoms with Crippen molar-refractivity contribution in [2.45, 2.75) is 45.4 Å². The summed E-state index contributed by atoms with van der Waals surface area (Å²) in [5, 5.41) is 10.8. The van der Waals surface area contributed by atoms with Crippen molar-refractivity contribution in [1.29, 1.82) is 0 Å². The van der Waals surface area contributed by atoms with Crippen LogP contribution in [-0.4, -0.2) is 46.6 Å². The summed E-state index contributed by atoms with van der Waals surface area (Å²) >= 11 is 0. The number of anilines is 1. The lowest BCUT2D eigenvalue weighted by atomic mass is 9.78. The van der Waals surface area contributed by atoms with Crippen LogP contribution in [0.4, 0.5) is 6.01 Å². The Hall–Kier alpha value is -2.90. The van der Waals surface area contributed by atoms with Crippen LogP contribution in [-0.2, 0) is 9.59 Å². The molecule has 2 fully saturated rings. The van der Waals surface area contributed by atoms with Gasteiger partial charge < -0.3 is 14.1 Å². The first-order chi connectivity index (χ1) is 14.7. The normalized spacial score (nSPS) is 21.4. The topological polar surface area (TPSA) is 97.6 Å². The van der Waals surface area contributed by atoms with Crippen molar-refractivity contribution in [2.75, 3.05) is 25.0 Å². The minimum atomic E-state index is -0.363. The van der Waals surface area contributed by atoms with Gasteiger partial charge >= 0.3 is 6.01 Å². The number of benzene rings is 1. The van der Waals surface area contributed by atoms with E-state index in [2.05, 4.69) is 15.5 Å². The Bertz CT molecular complexity index is 891. The molecule has 0 unspecified atom stereocenters. The number of carbonyl (C=O) groups is 2. The molecule has 8 heteroatoms. The number of rotatable bonds is 6. The number of ether oxygens (including phenoxy) is 1. The molecule has 1 N–H and O–H groups in total. The summed E-state index contributed by atoms with van der Waals surface area (Å²) in [6.45, 7) is 4.02. The number of hydrogen-bond donors (Lipinski definition) is 1. The molecule has 8 nitrogen and oxygen atoms in total. The van der Waals surface area contributed by atoms with Gasteiger partial charge in [0.1, 0.15) is 5.75 Å². The highest BCUT2D eigenvalue weighted by Crippen LogP contribution is 2.34. The maximum absolute atomic E-state index is 13.0. The van der Waals surface area contributed by atoms with E-state index in [9.17, 15) is 9.59 Å². The highest BCUT2D eigenvalue weighted by Gasteiger charge is 2.38. The summed E-state index contributed by atoms with van der Waals surface area (Å²) in [5.74, 6) is 0.188. The molecule has 1 aliphatic carbocycles. The number of aromatic nitrogens is 2. The van der Waals surface area contributed by atoms with Crippen molar-refractivity contribution in [3.05, 3.63) is 24.3 Å². The molecule has 2 aromatic rings. The SMILES string of the molecule is CCOc1ccccc1-c1nnc(NC(=O)[C@H]2CCCC[C@H]2C(=O)N2CCCC2)o1. The Morgan fingerprint density at radius 2 is 1.83 bits per heavy atom. The molecule has 1 aromatic carbocycles. The van der Waals surface area contributed by atoms with Gasteiger partial charge in [0.05, 0.1) is 18.1 Å². The molecule has 2 aliphatic rings. The fraction of sp³-hybridized carbons (Fsp3) is 0.545. The largest absolute Gasteiger partial charge is 0.493 e. The molecule has 0 radical (unpaired) electrons. The summed E-state index contributed by atoms with van der Waals surface area (Å²) in [6.07, 6.45) is 5.46. The summed E-state index contributed by atoms with van der Waals surface area (Å²) < 4.78 is 11.3. The fourth-order valence-electron chi connectivity index (χ4n) is 4.42. The molecule has 160 valence electrons. The number of carbonyl (C=O) groups excluding carboxylic acids is 2. The third kappa shape index (κ3) is 4.32. The molecular weight excluding hydrogens is 384 g/mol. The van der Waals surface area contributed by atoms with Gasteiger partial charge in [-0.25, -0.2) is 0 Å². The zero-order valence-corrected chi connectivity index (χ0v) is 17.3. The molecule has 0 spiro atoms. The zero-order chi connectivity index (χ0) is 20.9. The predicted octanol–water partition coefficient (Wildman–Crippen LogP) is 3.50. The third-order valence-electron chi connectivity index (χ3n) is 5.91. The Morgan fingerprint density at radius 3 is 2.60 bits per heavy atom. The lowest BCUT2D eigenvalue weighted by molar-refractivity contribution is -0.141. The summed E-state index contributed by atoms with van der Waals surface area (Å²) in [7, 11) is 0. The molecule has 2 atom stereocenters. The van der Waals surface area contributed by atoms with E-state index in [4.69, 9.17) is 9.15 Å². The summed E-state index contributed by atoms with van der Waals surface area (Å²) in [4.78, 5) is 27.8. The summed E-state index contributed by atoms with van der Waals surface area (Å²) in [6, 6.07) is 7.43. The van der Waals surface area contributed by atoms with Crippen molar-refractivity contribution < 1.29 is 18.7 Å². The van der Waals surface area contributed by atoms with Gasteiger partial charge in [-0.2, -0.15) is 0 Å². The van der Waals surface area contributed by atoms with Crippen LogP contribution in [0, 0.1) is 11.8 Å².